The maximum atomic E-state index is 11.4. The molecule has 2 heterocycles. The largest absolute Gasteiger partial charge is 0.369 e. The second kappa shape index (κ2) is 12.3. The van der Waals surface area contributed by atoms with Crippen LogP contribution in [-0.2, 0) is 17.9 Å². The number of hydrogen-bond donors (Lipinski definition) is 3. The summed E-state index contributed by atoms with van der Waals surface area (Å²) in [6.07, 6.45) is 3.29. The van der Waals surface area contributed by atoms with Crippen LogP contribution in [0.25, 0.3) is 0 Å². The van der Waals surface area contributed by atoms with Crippen molar-refractivity contribution in [2.45, 2.75) is 25.9 Å². The first kappa shape index (κ1) is 25.5. The zero-order chi connectivity index (χ0) is 21.5. The topological polar surface area (TPSA) is 95.6 Å². The van der Waals surface area contributed by atoms with E-state index in [1.807, 2.05) is 24.3 Å². The van der Waals surface area contributed by atoms with Crippen LogP contribution in [0.5, 0.6) is 0 Å². The van der Waals surface area contributed by atoms with Gasteiger partial charge in [-0.2, -0.15) is 0 Å². The number of rotatable bonds is 6. The van der Waals surface area contributed by atoms with E-state index in [4.69, 9.17) is 28.9 Å². The quantitative estimate of drug-likeness (QED) is 0.278. The fourth-order valence-electron chi connectivity index (χ4n) is 3.47. The molecule has 1 amide bonds. The Balaban J connectivity index is 0.00000341. The van der Waals surface area contributed by atoms with Gasteiger partial charge in [-0.25, -0.2) is 4.98 Å². The van der Waals surface area contributed by atoms with Crippen LogP contribution in [0, 0.1) is 5.92 Å². The Morgan fingerprint density at radius 3 is 2.48 bits per heavy atom. The Morgan fingerprint density at radius 1 is 1.19 bits per heavy atom. The number of amides is 1. The summed E-state index contributed by atoms with van der Waals surface area (Å²) in [7, 11) is 1.72. The standard InChI is InChI=1S/C21H26Cl2N6O.HI/c1-25-21(27-12-15-4-5-17(22)11-18(15)23)28-13-16-3-2-8-26-20(16)29-9-6-14(7-10-29)19(24)30;/h2-5,8,11,14H,6-7,9-10,12-13H2,1H3,(H2,24,30)(H2,25,27,28);1H. The summed E-state index contributed by atoms with van der Waals surface area (Å²) in [5.41, 5.74) is 7.44. The molecule has 1 aliphatic rings. The average Bonchev–Trinajstić information content (AvgIpc) is 2.75. The fourth-order valence-corrected chi connectivity index (χ4v) is 3.95. The fraction of sp³-hybridized carbons (Fsp3) is 0.381. The van der Waals surface area contributed by atoms with E-state index in [2.05, 4.69) is 25.5 Å². The van der Waals surface area contributed by atoms with Crippen molar-refractivity contribution in [2.75, 3.05) is 25.0 Å². The van der Waals surface area contributed by atoms with Gasteiger partial charge in [-0.1, -0.05) is 35.3 Å². The first-order valence-corrected chi connectivity index (χ1v) is 10.6. The number of aliphatic imine (C=N–C) groups is 1. The summed E-state index contributed by atoms with van der Waals surface area (Å²) in [5.74, 6) is 1.31. The molecule has 0 atom stereocenters. The number of anilines is 1. The molecule has 0 bridgehead atoms. The Morgan fingerprint density at radius 2 is 1.87 bits per heavy atom. The molecule has 31 heavy (non-hydrogen) atoms. The Hall–Kier alpha value is -1.78. The van der Waals surface area contributed by atoms with Crippen LogP contribution >= 0.6 is 47.2 Å². The van der Waals surface area contributed by atoms with Crippen LogP contribution in [-0.4, -0.2) is 37.0 Å². The first-order valence-electron chi connectivity index (χ1n) is 9.84. The molecule has 168 valence electrons. The summed E-state index contributed by atoms with van der Waals surface area (Å²) < 4.78 is 0. The molecule has 0 aliphatic carbocycles. The normalized spacial score (nSPS) is 14.7. The number of pyridine rings is 1. The molecule has 7 nitrogen and oxygen atoms in total. The summed E-state index contributed by atoms with van der Waals surface area (Å²) in [6.45, 7) is 2.61. The van der Waals surface area contributed by atoms with Crippen molar-refractivity contribution in [3.8, 4) is 0 Å². The molecule has 1 aromatic heterocycles. The number of halogens is 3. The van der Waals surface area contributed by atoms with Crippen LogP contribution < -0.4 is 21.3 Å². The Kier molecular flexibility index (Phi) is 10.1. The number of nitrogens with zero attached hydrogens (tertiary/aromatic N) is 3. The maximum absolute atomic E-state index is 11.4. The van der Waals surface area contributed by atoms with Crippen molar-refractivity contribution in [2.24, 2.45) is 16.6 Å². The van der Waals surface area contributed by atoms with Gasteiger partial charge in [0.25, 0.3) is 0 Å². The molecule has 1 aromatic carbocycles. The highest BCUT2D eigenvalue weighted by atomic mass is 127. The Bertz CT molecular complexity index is 918. The molecule has 0 spiro atoms. The third-order valence-corrected chi connectivity index (χ3v) is 5.78. The molecule has 0 saturated carbocycles. The van der Waals surface area contributed by atoms with Crippen LogP contribution in [0.2, 0.25) is 10.0 Å². The zero-order valence-electron chi connectivity index (χ0n) is 17.3. The minimum atomic E-state index is -0.215. The summed E-state index contributed by atoms with van der Waals surface area (Å²) >= 11 is 12.2. The van der Waals surface area contributed by atoms with E-state index in [-0.39, 0.29) is 35.8 Å². The van der Waals surface area contributed by atoms with E-state index in [9.17, 15) is 4.79 Å². The van der Waals surface area contributed by atoms with E-state index >= 15 is 0 Å². The van der Waals surface area contributed by atoms with Gasteiger partial charge in [0.05, 0.1) is 0 Å². The van der Waals surface area contributed by atoms with Gasteiger partial charge in [0.15, 0.2) is 5.96 Å². The number of guanidine groups is 1. The molecule has 0 radical (unpaired) electrons. The van der Waals surface area contributed by atoms with Crippen molar-refractivity contribution in [1.29, 1.82) is 0 Å². The SMILES string of the molecule is CN=C(NCc1ccc(Cl)cc1Cl)NCc1cccnc1N1CCC(C(N)=O)CC1.I. The number of carbonyl (C=O) groups excluding carboxylic acids is 1. The van der Waals surface area contributed by atoms with Gasteiger partial charge < -0.3 is 21.3 Å². The lowest BCUT2D eigenvalue weighted by Crippen LogP contribution is -2.40. The van der Waals surface area contributed by atoms with Crippen LogP contribution in [0.1, 0.15) is 24.0 Å². The number of nitrogens with one attached hydrogen (secondary N) is 2. The first-order chi connectivity index (χ1) is 14.5. The van der Waals surface area contributed by atoms with Gasteiger partial charge in [-0.05, 0) is 36.6 Å². The molecule has 1 saturated heterocycles. The highest BCUT2D eigenvalue weighted by molar-refractivity contribution is 14.0. The molecule has 1 fully saturated rings. The molecule has 2 aromatic rings. The smallest absolute Gasteiger partial charge is 0.220 e. The minimum Gasteiger partial charge on any atom is -0.369 e. The molecule has 0 unspecified atom stereocenters. The van der Waals surface area contributed by atoms with E-state index in [0.29, 0.717) is 29.1 Å². The number of benzene rings is 1. The van der Waals surface area contributed by atoms with Gasteiger partial charge in [-0.15, -0.1) is 24.0 Å². The third-order valence-electron chi connectivity index (χ3n) is 5.20. The van der Waals surface area contributed by atoms with Gasteiger partial charge in [0, 0.05) is 61.0 Å². The number of piperidine rings is 1. The van der Waals surface area contributed by atoms with E-state index in [1.165, 1.54) is 0 Å². The van der Waals surface area contributed by atoms with Crippen molar-refractivity contribution < 1.29 is 4.79 Å². The molecule has 10 heteroatoms. The number of hydrogen-bond acceptors (Lipinski definition) is 4. The minimum absolute atomic E-state index is 0. The van der Waals surface area contributed by atoms with Crippen LogP contribution in [0.3, 0.4) is 0 Å². The van der Waals surface area contributed by atoms with Gasteiger partial charge in [0.2, 0.25) is 5.91 Å². The van der Waals surface area contributed by atoms with Crippen LogP contribution in [0.15, 0.2) is 41.5 Å². The summed E-state index contributed by atoms with van der Waals surface area (Å²) in [6, 6.07) is 9.38. The zero-order valence-corrected chi connectivity index (χ0v) is 21.1. The highest BCUT2D eigenvalue weighted by Gasteiger charge is 2.24. The van der Waals surface area contributed by atoms with E-state index < -0.39 is 0 Å². The number of nitrogens with two attached hydrogens (primary N) is 1. The highest BCUT2D eigenvalue weighted by Crippen LogP contribution is 2.24. The predicted molar refractivity (Wildman–Crippen MR) is 137 cm³/mol. The van der Waals surface area contributed by atoms with Gasteiger partial charge in [-0.3, -0.25) is 9.79 Å². The third kappa shape index (κ3) is 7.11. The number of primary amides is 1. The lowest BCUT2D eigenvalue weighted by Gasteiger charge is -2.32. The molecule has 1 aliphatic heterocycles. The van der Waals surface area contributed by atoms with E-state index in [0.717, 1.165) is 42.9 Å². The van der Waals surface area contributed by atoms with Crippen molar-refractivity contribution in [1.82, 2.24) is 15.6 Å². The second-order valence-electron chi connectivity index (χ2n) is 7.16. The summed E-state index contributed by atoms with van der Waals surface area (Å²) in [5, 5.41) is 7.80. The van der Waals surface area contributed by atoms with Gasteiger partial charge in [0.1, 0.15) is 5.82 Å². The summed E-state index contributed by atoms with van der Waals surface area (Å²) in [4.78, 5) is 22.5. The van der Waals surface area contributed by atoms with E-state index in [1.54, 1.807) is 19.3 Å². The van der Waals surface area contributed by atoms with Crippen LogP contribution in [0.4, 0.5) is 5.82 Å². The molecular weight excluding hydrogens is 550 g/mol. The van der Waals surface area contributed by atoms with Crippen molar-refractivity contribution >= 4 is 64.9 Å². The lowest BCUT2D eigenvalue weighted by atomic mass is 9.96. The molecular formula is C21H27Cl2IN6O. The van der Waals surface area contributed by atoms with Gasteiger partial charge >= 0.3 is 0 Å². The monoisotopic (exact) mass is 576 g/mol. The second-order valence-corrected chi connectivity index (χ2v) is 8.01. The Labute approximate surface area is 209 Å². The average molecular weight is 577 g/mol. The maximum Gasteiger partial charge on any atom is 0.220 e. The number of carbonyl (C=O) groups is 1. The van der Waals surface area contributed by atoms with Crippen molar-refractivity contribution in [3.05, 3.63) is 57.7 Å². The molecule has 3 rings (SSSR count). The molecule has 4 N–H and O–H groups in total. The van der Waals surface area contributed by atoms with Crippen molar-refractivity contribution in [3.63, 3.8) is 0 Å². The number of aromatic nitrogens is 1. The predicted octanol–water partition coefficient (Wildman–Crippen LogP) is 3.57. The lowest BCUT2D eigenvalue weighted by molar-refractivity contribution is -0.122.